The summed E-state index contributed by atoms with van der Waals surface area (Å²) >= 11 is 0. The molecule has 0 aromatic heterocycles. The average Bonchev–Trinajstić information content (AvgIpc) is 2.85. The van der Waals surface area contributed by atoms with Gasteiger partial charge >= 0.3 is 0 Å². The summed E-state index contributed by atoms with van der Waals surface area (Å²) in [6.07, 6.45) is 4.21. The van der Waals surface area contributed by atoms with Crippen LogP contribution in [0.25, 0.3) is 6.08 Å². The molecule has 0 aliphatic carbocycles. The molecule has 1 aliphatic rings. The summed E-state index contributed by atoms with van der Waals surface area (Å²) in [6.45, 7) is 7.13. The van der Waals surface area contributed by atoms with Crippen LogP contribution in [0.15, 0.2) is 35.9 Å². The molecule has 1 aromatic carbocycles. The minimum absolute atomic E-state index is 0.0981. The van der Waals surface area contributed by atoms with E-state index in [1.165, 1.54) is 11.1 Å². The van der Waals surface area contributed by atoms with Gasteiger partial charge in [0.1, 0.15) is 0 Å². The van der Waals surface area contributed by atoms with Crippen LogP contribution in [0.2, 0.25) is 0 Å². The highest BCUT2D eigenvalue weighted by Crippen LogP contribution is 2.08. The van der Waals surface area contributed by atoms with Crippen molar-refractivity contribution >= 4 is 6.08 Å². The molecule has 1 aliphatic heterocycles. The van der Waals surface area contributed by atoms with Crippen molar-refractivity contribution in [3.63, 3.8) is 0 Å². The highest BCUT2D eigenvalue weighted by Gasteiger charge is 2.18. The molecule has 1 heterocycles. The number of hydrogen-bond acceptors (Lipinski definition) is 3. The van der Waals surface area contributed by atoms with Gasteiger partial charge in [0.15, 0.2) is 0 Å². The number of aliphatic hydroxyl groups is 1. The van der Waals surface area contributed by atoms with Crippen molar-refractivity contribution in [2.45, 2.75) is 25.9 Å². The van der Waals surface area contributed by atoms with Gasteiger partial charge in [-0.05, 0) is 38.4 Å². The molecule has 1 saturated heterocycles. The Morgan fingerprint density at radius 1 is 1.40 bits per heavy atom. The number of rotatable bonds is 7. The molecule has 0 saturated carbocycles. The summed E-state index contributed by atoms with van der Waals surface area (Å²) in [4.78, 5) is 2.35. The second-order valence-corrected chi connectivity index (χ2v) is 5.67. The summed E-state index contributed by atoms with van der Waals surface area (Å²) in [5.41, 5.74) is 2.62. The van der Waals surface area contributed by atoms with Crippen LogP contribution in [0.5, 0.6) is 0 Å². The second kappa shape index (κ2) is 8.20. The first kappa shape index (κ1) is 15.2. The molecular formula is C17H26N2O. The van der Waals surface area contributed by atoms with E-state index in [-0.39, 0.29) is 6.10 Å². The molecule has 0 radical (unpaired) electrons. The Hall–Kier alpha value is -1.16. The van der Waals surface area contributed by atoms with Crippen LogP contribution in [-0.2, 0) is 0 Å². The van der Waals surface area contributed by atoms with E-state index in [0.29, 0.717) is 0 Å². The fourth-order valence-corrected chi connectivity index (χ4v) is 2.61. The number of likely N-dealkylation sites (tertiary alicyclic amines) is 1. The highest BCUT2D eigenvalue weighted by atomic mass is 16.3. The lowest BCUT2D eigenvalue weighted by Crippen LogP contribution is -2.27. The summed E-state index contributed by atoms with van der Waals surface area (Å²) in [5.74, 6) is 0. The van der Waals surface area contributed by atoms with Gasteiger partial charge < -0.3 is 15.3 Å². The van der Waals surface area contributed by atoms with Gasteiger partial charge in [-0.2, -0.15) is 0 Å². The van der Waals surface area contributed by atoms with Crippen LogP contribution in [0, 0.1) is 0 Å². The summed E-state index contributed by atoms with van der Waals surface area (Å²) < 4.78 is 0. The Bertz CT molecular complexity index is 416. The Labute approximate surface area is 122 Å². The number of aliphatic hydroxyl groups excluding tert-OH is 1. The van der Waals surface area contributed by atoms with Gasteiger partial charge in [-0.3, -0.25) is 0 Å². The van der Waals surface area contributed by atoms with Crippen LogP contribution in [0.4, 0.5) is 0 Å². The first-order valence-corrected chi connectivity index (χ1v) is 7.57. The van der Waals surface area contributed by atoms with E-state index in [2.05, 4.69) is 47.5 Å². The molecule has 2 N–H and O–H groups in total. The van der Waals surface area contributed by atoms with E-state index in [0.717, 1.165) is 45.6 Å². The van der Waals surface area contributed by atoms with Crippen molar-refractivity contribution in [2.24, 2.45) is 0 Å². The van der Waals surface area contributed by atoms with E-state index >= 15 is 0 Å². The topological polar surface area (TPSA) is 35.5 Å². The molecule has 0 spiro atoms. The molecule has 1 unspecified atom stereocenters. The Morgan fingerprint density at radius 2 is 2.20 bits per heavy atom. The van der Waals surface area contributed by atoms with Gasteiger partial charge in [-0.15, -0.1) is 0 Å². The van der Waals surface area contributed by atoms with Crippen molar-refractivity contribution in [1.29, 1.82) is 0 Å². The van der Waals surface area contributed by atoms with Crippen molar-refractivity contribution in [1.82, 2.24) is 10.2 Å². The molecule has 110 valence electrons. The molecule has 1 atom stereocenters. The third-order valence-corrected chi connectivity index (χ3v) is 3.69. The number of benzene rings is 1. The van der Waals surface area contributed by atoms with Gasteiger partial charge in [0, 0.05) is 19.6 Å². The zero-order valence-corrected chi connectivity index (χ0v) is 12.4. The van der Waals surface area contributed by atoms with Crippen LogP contribution in [-0.4, -0.2) is 48.8 Å². The molecule has 0 amide bonds. The second-order valence-electron chi connectivity index (χ2n) is 5.67. The van der Waals surface area contributed by atoms with Crippen molar-refractivity contribution in [2.75, 3.05) is 32.7 Å². The van der Waals surface area contributed by atoms with Crippen molar-refractivity contribution < 1.29 is 5.11 Å². The largest absolute Gasteiger partial charge is 0.392 e. The molecule has 20 heavy (non-hydrogen) atoms. The molecule has 1 aromatic rings. The molecule has 3 heteroatoms. The molecule has 1 fully saturated rings. The van der Waals surface area contributed by atoms with E-state index in [1.54, 1.807) is 0 Å². The third kappa shape index (κ3) is 5.45. The van der Waals surface area contributed by atoms with E-state index < -0.39 is 0 Å². The Morgan fingerprint density at radius 3 is 2.90 bits per heavy atom. The third-order valence-electron chi connectivity index (χ3n) is 3.69. The average molecular weight is 274 g/mol. The van der Waals surface area contributed by atoms with Gasteiger partial charge in [-0.1, -0.05) is 42.0 Å². The monoisotopic (exact) mass is 274 g/mol. The zero-order chi connectivity index (χ0) is 14.2. The first-order valence-electron chi connectivity index (χ1n) is 7.57. The maximum Gasteiger partial charge on any atom is 0.0679 e. The Kier molecular flexibility index (Phi) is 6.25. The fraction of sp³-hybridized carbons (Fsp3) is 0.529. The van der Waals surface area contributed by atoms with Gasteiger partial charge in [-0.25, -0.2) is 0 Å². The smallest absolute Gasteiger partial charge is 0.0679 e. The zero-order valence-electron chi connectivity index (χ0n) is 12.4. The van der Waals surface area contributed by atoms with Gasteiger partial charge in [0.25, 0.3) is 0 Å². The van der Waals surface area contributed by atoms with Gasteiger partial charge in [0.2, 0.25) is 0 Å². The van der Waals surface area contributed by atoms with Crippen molar-refractivity contribution in [3.8, 4) is 0 Å². The number of β-amino-alcohol motifs (C(OH)–C–C–N with tert-alkyl or cyclic N) is 1. The summed E-state index contributed by atoms with van der Waals surface area (Å²) in [6, 6.07) is 10.4. The maximum atomic E-state index is 9.45. The molecule has 0 bridgehead atoms. The van der Waals surface area contributed by atoms with E-state index in [9.17, 15) is 5.11 Å². The summed E-state index contributed by atoms with van der Waals surface area (Å²) in [5, 5.41) is 12.9. The number of hydrogen-bond donors (Lipinski definition) is 2. The highest BCUT2D eigenvalue weighted by molar-refractivity contribution is 5.52. The lowest BCUT2D eigenvalue weighted by atomic mass is 10.1. The van der Waals surface area contributed by atoms with Crippen molar-refractivity contribution in [3.05, 3.63) is 41.5 Å². The fourth-order valence-electron chi connectivity index (χ4n) is 2.61. The van der Waals surface area contributed by atoms with Crippen LogP contribution in [0.3, 0.4) is 0 Å². The SMILES string of the molecule is CC(=Cc1ccccc1)CNCCCN1CCC(O)C1. The molecule has 3 nitrogen and oxygen atoms in total. The minimum Gasteiger partial charge on any atom is -0.392 e. The normalized spacial score (nSPS) is 20.5. The Balaban J connectivity index is 1.58. The summed E-state index contributed by atoms with van der Waals surface area (Å²) in [7, 11) is 0. The lowest BCUT2D eigenvalue weighted by molar-refractivity contribution is 0.176. The minimum atomic E-state index is -0.0981. The predicted octanol–water partition coefficient (Wildman–Crippen LogP) is 2.14. The van der Waals surface area contributed by atoms with E-state index in [1.807, 2.05) is 6.07 Å². The maximum absolute atomic E-state index is 9.45. The van der Waals surface area contributed by atoms with Crippen LogP contribution >= 0.6 is 0 Å². The molecule has 2 rings (SSSR count). The number of nitrogens with zero attached hydrogens (tertiary/aromatic N) is 1. The van der Waals surface area contributed by atoms with E-state index in [4.69, 9.17) is 0 Å². The standard InChI is InChI=1S/C17H26N2O/c1-15(12-16-6-3-2-4-7-16)13-18-9-5-10-19-11-8-17(20)14-19/h2-4,6-7,12,17-18,20H,5,8-11,13-14H2,1H3. The molecular weight excluding hydrogens is 248 g/mol. The number of nitrogens with one attached hydrogen (secondary N) is 1. The lowest BCUT2D eigenvalue weighted by Gasteiger charge is -2.14. The van der Waals surface area contributed by atoms with Gasteiger partial charge in [0.05, 0.1) is 6.10 Å². The van der Waals surface area contributed by atoms with Crippen LogP contribution < -0.4 is 5.32 Å². The van der Waals surface area contributed by atoms with Crippen LogP contribution in [0.1, 0.15) is 25.3 Å². The first-order chi connectivity index (χ1) is 9.74. The predicted molar refractivity (Wildman–Crippen MR) is 84.6 cm³/mol. The quantitative estimate of drug-likeness (QED) is 0.748.